The van der Waals surface area contributed by atoms with Gasteiger partial charge in [0.15, 0.2) is 5.82 Å². The fraction of sp³-hybridized carbons (Fsp3) is 0.611. The second-order valence-electron chi connectivity index (χ2n) is 15.3. The number of nitrogens with zero attached hydrogens (tertiary/aromatic N) is 3. The lowest BCUT2D eigenvalue weighted by Gasteiger charge is -2.36. The molecule has 2 fully saturated rings. The van der Waals surface area contributed by atoms with Gasteiger partial charge in [-0.3, -0.25) is 29.1 Å². The van der Waals surface area contributed by atoms with Crippen LogP contribution in [0.25, 0.3) is 0 Å². The van der Waals surface area contributed by atoms with Gasteiger partial charge in [0, 0.05) is 13.0 Å². The van der Waals surface area contributed by atoms with Crippen LogP contribution >= 0.6 is 23.5 Å². The third-order valence-electron chi connectivity index (χ3n) is 8.66. The predicted molar refractivity (Wildman–Crippen MR) is 203 cm³/mol. The van der Waals surface area contributed by atoms with Crippen molar-refractivity contribution in [2.75, 3.05) is 24.6 Å². The molecule has 4 atom stereocenters. The fourth-order valence-corrected chi connectivity index (χ4v) is 9.47. The van der Waals surface area contributed by atoms with E-state index in [0.29, 0.717) is 18.7 Å². The molecule has 53 heavy (non-hydrogen) atoms. The van der Waals surface area contributed by atoms with E-state index in [1.165, 1.54) is 11.2 Å². The molecule has 1 aromatic heterocycles. The number of ether oxygens (including phenoxy) is 1. The summed E-state index contributed by atoms with van der Waals surface area (Å²) in [4.78, 5) is 86.6. The fourth-order valence-electron chi connectivity index (χ4n) is 6.12. The summed E-state index contributed by atoms with van der Waals surface area (Å²) < 4.78 is 5.02. The maximum absolute atomic E-state index is 14.4. The molecule has 0 radical (unpaired) electrons. The summed E-state index contributed by atoms with van der Waals surface area (Å²) in [6.45, 7) is 12.2. The highest BCUT2D eigenvalue weighted by atomic mass is 32.2. The first-order valence-corrected chi connectivity index (χ1v) is 19.8. The van der Waals surface area contributed by atoms with E-state index in [2.05, 4.69) is 36.4 Å². The van der Waals surface area contributed by atoms with E-state index < -0.39 is 81.3 Å². The second-order valence-corrected chi connectivity index (χ2v) is 18.5. The van der Waals surface area contributed by atoms with Crippen LogP contribution in [0.1, 0.15) is 91.6 Å². The quantitative estimate of drug-likeness (QED) is 0.187. The molecule has 2 aliphatic rings. The Hall–Kier alpha value is -4.12. The van der Waals surface area contributed by atoms with E-state index in [-0.39, 0.29) is 13.0 Å². The summed E-state index contributed by atoms with van der Waals surface area (Å²) in [5, 5.41) is 17.3. The number of Topliss-reactive ketones (excluding diaryl/α,β-unsaturated/α-hetero) is 1. The third kappa shape index (κ3) is 11.4. The first kappa shape index (κ1) is 41.6. The number of alkyl carbamates (subject to hydrolysis) is 1. The molecule has 15 nitrogen and oxygen atoms in total. The zero-order valence-corrected chi connectivity index (χ0v) is 33.1. The molecule has 17 heteroatoms. The number of nitrogens with one attached hydrogen (secondary N) is 5. The van der Waals surface area contributed by atoms with Gasteiger partial charge in [0.05, 0.1) is 16.7 Å². The van der Waals surface area contributed by atoms with Gasteiger partial charge in [-0.15, -0.1) is 23.5 Å². The molecule has 0 aliphatic carbocycles. The number of benzene rings is 1. The van der Waals surface area contributed by atoms with Crippen LogP contribution in [0.3, 0.4) is 0 Å². The zero-order valence-electron chi connectivity index (χ0n) is 31.4. The van der Waals surface area contributed by atoms with Crippen molar-refractivity contribution in [2.45, 2.75) is 108 Å². The zero-order chi connectivity index (χ0) is 39.0. The van der Waals surface area contributed by atoms with E-state index in [1.807, 2.05) is 45.9 Å². The molecular weight excluding hydrogens is 721 g/mol. The topological polar surface area (TPSA) is 205 Å². The summed E-state index contributed by atoms with van der Waals surface area (Å²) in [5.74, 6) is -1.38. The van der Waals surface area contributed by atoms with Crippen molar-refractivity contribution in [3.63, 3.8) is 0 Å². The van der Waals surface area contributed by atoms with Crippen LogP contribution in [0.4, 0.5) is 4.79 Å². The highest BCUT2D eigenvalue weighted by Crippen LogP contribution is 2.50. The molecule has 2 saturated heterocycles. The van der Waals surface area contributed by atoms with Crippen molar-refractivity contribution in [1.29, 1.82) is 0 Å². The molecule has 2 unspecified atom stereocenters. The maximum atomic E-state index is 14.4. The summed E-state index contributed by atoms with van der Waals surface area (Å²) >= 11 is 3.41. The molecule has 5 amide bonds. The first-order valence-electron chi connectivity index (χ1n) is 17.8. The van der Waals surface area contributed by atoms with Crippen molar-refractivity contribution in [2.24, 2.45) is 5.41 Å². The van der Waals surface area contributed by atoms with E-state index in [0.717, 1.165) is 23.5 Å². The average Bonchev–Trinajstić information content (AvgIpc) is 3.76. The first-order chi connectivity index (χ1) is 24.9. The van der Waals surface area contributed by atoms with Gasteiger partial charge in [0.1, 0.15) is 30.1 Å². The molecule has 5 N–H and O–H groups in total. The van der Waals surface area contributed by atoms with Crippen molar-refractivity contribution in [3.8, 4) is 0 Å². The lowest BCUT2D eigenvalue weighted by Crippen LogP contribution is -2.59. The minimum Gasteiger partial charge on any atom is -0.444 e. The number of aromatic nitrogens is 3. The summed E-state index contributed by atoms with van der Waals surface area (Å²) in [6.07, 6.45) is 2.53. The number of hydrogen-bond donors (Lipinski definition) is 5. The number of hydrogen-bond acceptors (Lipinski definition) is 11. The Kier molecular flexibility index (Phi) is 14.0. The summed E-state index contributed by atoms with van der Waals surface area (Å²) in [5.41, 5.74) is -0.797. The van der Waals surface area contributed by atoms with E-state index in [9.17, 15) is 28.8 Å². The van der Waals surface area contributed by atoms with Crippen molar-refractivity contribution in [1.82, 2.24) is 41.3 Å². The van der Waals surface area contributed by atoms with Gasteiger partial charge in [-0.2, -0.15) is 5.10 Å². The van der Waals surface area contributed by atoms with Crippen LogP contribution in [-0.2, 0) is 28.7 Å². The molecule has 2 aliphatic heterocycles. The van der Waals surface area contributed by atoms with Gasteiger partial charge in [-0.05, 0) is 56.1 Å². The van der Waals surface area contributed by atoms with Gasteiger partial charge in [-0.25, -0.2) is 9.78 Å². The Morgan fingerprint density at radius 3 is 2.26 bits per heavy atom. The third-order valence-corrected chi connectivity index (χ3v) is 12.0. The smallest absolute Gasteiger partial charge is 0.408 e. The van der Waals surface area contributed by atoms with Gasteiger partial charge in [-0.1, -0.05) is 64.4 Å². The summed E-state index contributed by atoms with van der Waals surface area (Å²) in [6, 6.07) is 5.22. The standard InChI is InChI=1S/C36H52N8O7S2/c1-8-13-23(27(46)31(48)37-19-25(45)41-26(29-38-21-39-43-29)22-14-10-9-11-15-22)40-30(47)24-18-36(52-16-12-17-53-36)20-44(24)32(49)28(34(2,3)4)42-33(50)51-35(5,6)7/h9-11,14-15,21,23-24,26,28H,8,12-13,16-20H2,1-7H3,(H,37,48)(H,40,47)(H,41,45)(H,42,50)(H,38,39,43)/t23?,24-,26?,28-/m0/s1. The molecule has 1 spiro atoms. The van der Waals surface area contributed by atoms with Crippen molar-refractivity contribution >= 4 is 59.0 Å². The average molecular weight is 773 g/mol. The normalized spacial score (nSPS) is 18.7. The lowest BCUT2D eigenvalue weighted by atomic mass is 9.85. The number of amides is 5. The van der Waals surface area contributed by atoms with Crippen LogP contribution in [0.5, 0.6) is 0 Å². The van der Waals surface area contributed by atoms with Gasteiger partial charge < -0.3 is 30.9 Å². The summed E-state index contributed by atoms with van der Waals surface area (Å²) in [7, 11) is 0. The van der Waals surface area contributed by atoms with E-state index >= 15 is 0 Å². The predicted octanol–water partition coefficient (Wildman–Crippen LogP) is 3.09. The molecule has 0 bridgehead atoms. The van der Waals surface area contributed by atoms with Crippen LogP contribution < -0.4 is 21.3 Å². The van der Waals surface area contributed by atoms with Crippen LogP contribution in [0.2, 0.25) is 0 Å². The van der Waals surface area contributed by atoms with Crippen LogP contribution in [0, 0.1) is 5.41 Å². The molecule has 4 rings (SSSR count). The molecule has 2 aromatic rings. The highest BCUT2D eigenvalue weighted by Gasteiger charge is 2.53. The SMILES string of the molecule is CCCC(NC(=O)[C@@H]1CC2(CN1C(=O)[C@H](NC(=O)OC(C)(C)C)C(C)(C)C)SCCCS2)C(=O)C(=O)NCC(=O)NC(c1ccccc1)c1ncn[nH]1. The number of rotatable bonds is 13. The minimum atomic E-state index is -1.19. The van der Waals surface area contributed by atoms with Crippen molar-refractivity contribution in [3.05, 3.63) is 48.0 Å². The number of H-pyrrole nitrogens is 1. The van der Waals surface area contributed by atoms with Gasteiger partial charge in [0.25, 0.3) is 5.91 Å². The highest BCUT2D eigenvalue weighted by molar-refractivity contribution is 8.18. The Morgan fingerprint density at radius 2 is 1.68 bits per heavy atom. The number of carbonyl (C=O) groups excluding carboxylic acids is 6. The van der Waals surface area contributed by atoms with Crippen LogP contribution in [-0.4, -0.2) is 108 Å². The van der Waals surface area contributed by atoms with Gasteiger partial charge >= 0.3 is 6.09 Å². The number of likely N-dealkylation sites (tertiary alicyclic amines) is 1. The molecular formula is C36H52N8O7S2. The lowest BCUT2D eigenvalue weighted by molar-refractivity contribution is -0.144. The number of thioether (sulfide) groups is 2. The van der Waals surface area contributed by atoms with E-state index in [4.69, 9.17) is 4.74 Å². The Labute approximate surface area is 319 Å². The van der Waals surface area contributed by atoms with Crippen molar-refractivity contribution < 1.29 is 33.5 Å². The number of aromatic amines is 1. The largest absolute Gasteiger partial charge is 0.444 e. The molecule has 3 heterocycles. The number of carbonyl (C=O) groups is 6. The Bertz CT molecular complexity index is 1610. The molecule has 0 saturated carbocycles. The van der Waals surface area contributed by atoms with Crippen LogP contribution in [0.15, 0.2) is 36.7 Å². The monoisotopic (exact) mass is 772 g/mol. The maximum Gasteiger partial charge on any atom is 0.408 e. The minimum absolute atomic E-state index is 0.159. The second kappa shape index (κ2) is 17.8. The Balaban J connectivity index is 1.47. The van der Waals surface area contributed by atoms with E-state index in [1.54, 1.807) is 56.4 Å². The number of ketones is 1. The Morgan fingerprint density at radius 1 is 1.00 bits per heavy atom. The molecule has 290 valence electrons. The van der Waals surface area contributed by atoms with Gasteiger partial charge in [0.2, 0.25) is 23.5 Å². The molecule has 1 aromatic carbocycles.